The van der Waals surface area contributed by atoms with Gasteiger partial charge in [0.2, 0.25) is 0 Å². The molecule has 17 heavy (non-hydrogen) atoms. The summed E-state index contributed by atoms with van der Waals surface area (Å²) >= 11 is 5.63. The maximum atomic E-state index is 13.3. The van der Waals surface area contributed by atoms with Gasteiger partial charge in [-0.25, -0.2) is 4.39 Å². The molecule has 1 heterocycles. The fraction of sp³-hybridized carbons (Fsp3) is 0.538. The molecule has 2 nitrogen and oxygen atoms in total. The number of benzene rings is 1. The molecule has 0 saturated carbocycles. The second-order valence-electron chi connectivity index (χ2n) is 5.12. The molecule has 1 aliphatic heterocycles. The summed E-state index contributed by atoms with van der Waals surface area (Å²) in [4.78, 5) is 2.12. The predicted molar refractivity (Wildman–Crippen MR) is 66.8 cm³/mol. The molecule has 1 saturated heterocycles. The maximum absolute atomic E-state index is 13.3. The monoisotopic (exact) mass is 257 g/mol. The van der Waals surface area contributed by atoms with Crippen LogP contribution in [-0.2, 0) is 6.42 Å². The van der Waals surface area contributed by atoms with Crippen molar-refractivity contribution in [2.45, 2.75) is 31.4 Å². The van der Waals surface area contributed by atoms with Crippen LogP contribution in [0.2, 0.25) is 5.02 Å². The summed E-state index contributed by atoms with van der Waals surface area (Å²) in [5.41, 5.74) is 0.0333. The molecule has 0 radical (unpaired) electrons. The Morgan fingerprint density at radius 2 is 2.29 bits per heavy atom. The van der Waals surface area contributed by atoms with Gasteiger partial charge in [0, 0.05) is 19.0 Å². The van der Waals surface area contributed by atoms with Gasteiger partial charge in [-0.1, -0.05) is 17.7 Å². The molecule has 0 spiro atoms. The number of likely N-dealkylation sites (N-methyl/N-ethyl adjacent to an activating group) is 1. The number of aliphatic hydroxyl groups is 1. The Morgan fingerprint density at radius 1 is 1.59 bits per heavy atom. The van der Waals surface area contributed by atoms with Gasteiger partial charge in [-0.15, -0.1) is 0 Å². The lowest BCUT2D eigenvalue weighted by atomic mass is 9.92. The third-order valence-corrected chi connectivity index (χ3v) is 3.80. The minimum atomic E-state index is -0.756. The summed E-state index contributed by atoms with van der Waals surface area (Å²) in [5, 5.41) is 10.6. The number of β-amino-alcohol motifs (C(OH)–C–C–N with tert-alkyl or cyclic N) is 1. The van der Waals surface area contributed by atoms with E-state index in [0.29, 0.717) is 25.4 Å². The van der Waals surface area contributed by atoms with E-state index in [-0.39, 0.29) is 5.02 Å². The third-order valence-electron chi connectivity index (χ3n) is 3.49. The quantitative estimate of drug-likeness (QED) is 0.880. The lowest BCUT2D eigenvalue weighted by Gasteiger charge is -2.22. The van der Waals surface area contributed by atoms with E-state index in [0.717, 1.165) is 5.56 Å². The molecule has 0 amide bonds. The first-order valence-electron chi connectivity index (χ1n) is 5.76. The Labute approximate surface area is 106 Å². The molecule has 1 aromatic rings. The molecule has 2 unspecified atom stereocenters. The first-order valence-corrected chi connectivity index (χ1v) is 6.14. The number of rotatable bonds is 2. The highest BCUT2D eigenvalue weighted by Crippen LogP contribution is 2.29. The number of halogens is 2. The van der Waals surface area contributed by atoms with Crippen molar-refractivity contribution >= 4 is 11.6 Å². The van der Waals surface area contributed by atoms with Crippen molar-refractivity contribution < 1.29 is 9.50 Å². The summed E-state index contributed by atoms with van der Waals surface area (Å²) in [6, 6.07) is 5.07. The van der Waals surface area contributed by atoms with Gasteiger partial charge < -0.3 is 10.0 Å². The molecule has 2 rings (SSSR count). The Hall–Kier alpha value is -0.640. The van der Waals surface area contributed by atoms with Crippen molar-refractivity contribution in [3.63, 3.8) is 0 Å². The first-order chi connectivity index (χ1) is 7.89. The van der Waals surface area contributed by atoms with Gasteiger partial charge in [0.15, 0.2) is 0 Å². The minimum Gasteiger partial charge on any atom is -0.388 e. The van der Waals surface area contributed by atoms with Crippen molar-refractivity contribution in [3.05, 3.63) is 34.6 Å². The van der Waals surface area contributed by atoms with Crippen molar-refractivity contribution in [2.24, 2.45) is 0 Å². The van der Waals surface area contributed by atoms with Gasteiger partial charge in [0.1, 0.15) is 5.82 Å². The molecule has 0 aliphatic carbocycles. The van der Waals surface area contributed by atoms with Crippen LogP contribution >= 0.6 is 11.6 Å². The number of hydrogen-bond donors (Lipinski definition) is 1. The molecular weight excluding hydrogens is 241 g/mol. The zero-order valence-corrected chi connectivity index (χ0v) is 10.8. The average Bonchev–Trinajstić information content (AvgIpc) is 2.47. The zero-order chi connectivity index (χ0) is 12.6. The van der Waals surface area contributed by atoms with Crippen molar-refractivity contribution in [1.29, 1.82) is 0 Å². The molecule has 1 fully saturated rings. The number of hydrogen-bond acceptors (Lipinski definition) is 2. The molecule has 1 aliphatic rings. The van der Waals surface area contributed by atoms with E-state index < -0.39 is 11.4 Å². The van der Waals surface area contributed by atoms with Gasteiger partial charge in [0.25, 0.3) is 0 Å². The van der Waals surface area contributed by atoms with E-state index in [9.17, 15) is 9.50 Å². The van der Waals surface area contributed by atoms with Gasteiger partial charge in [0.05, 0.1) is 10.6 Å². The van der Waals surface area contributed by atoms with Crippen molar-refractivity contribution in [2.75, 3.05) is 13.6 Å². The normalized spacial score (nSPS) is 29.8. The van der Waals surface area contributed by atoms with Gasteiger partial charge in [-0.2, -0.15) is 0 Å². The van der Waals surface area contributed by atoms with E-state index in [4.69, 9.17) is 11.6 Å². The maximum Gasteiger partial charge on any atom is 0.142 e. The van der Waals surface area contributed by atoms with Crippen LogP contribution in [-0.4, -0.2) is 35.2 Å². The van der Waals surface area contributed by atoms with E-state index in [2.05, 4.69) is 11.8 Å². The van der Waals surface area contributed by atoms with Gasteiger partial charge in [-0.05, 0) is 38.1 Å². The van der Waals surface area contributed by atoms with E-state index in [1.165, 1.54) is 12.1 Å². The van der Waals surface area contributed by atoms with E-state index in [1.807, 2.05) is 7.05 Å². The van der Waals surface area contributed by atoms with Crippen LogP contribution in [0.1, 0.15) is 18.9 Å². The second-order valence-corrected chi connectivity index (χ2v) is 5.53. The Balaban J connectivity index is 2.13. The molecule has 0 bridgehead atoms. The standard InChI is InChI=1S/C13H17ClFNO/c1-9-6-13(17,8-16(9)2)7-10-3-4-11(14)12(15)5-10/h3-5,9,17H,6-8H2,1-2H3. The molecule has 94 valence electrons. The summed E-state index contributed by atoms with van der Waals surface area (Å²) in [6.45, 7) is 2.71. The van der Waals surface area contributed by atoms with Crippen molar-refractivity contribution in [1.82, 2.24) is 4.90 Å². The topological polar surface area (TPSA) is 23.5 Å². The van der Waals surface area contributed by atoms with Crippen LogP contribution in [0.3, 0.4) is 0 Å². The highest BCUT2D eigenvalue weighted by molar-refractivity contribution is 6.30. The van der Waals surface area contributed by atoms with Crippen molar-refractivity contribution in [3.8, 4) is 0 Å². The summed E-state index contributed by atoms with van der Waals surface area (Å²) < 4.78 is 13.3. The second kappa shape index (κ2) is 4.56. The largest absolute Gasteiger partial charge is 0.388 e. The van der Waals surface area contributed by atoms with Gasteiger partial charge in [-0.3, -0.25) is 0 Å². The highest BCUT2D eigenvalue weighted by atomic mass is 35.5. The smallest absolute Gasteiger partial charge is 0.142 e. The van der Waals surface area contributed by atoms with Crippen LogP contribution < -0.4 is 0 Å². The Bertz CT molecular complexity index is 414. The van der Waals surface area contributed by atoms with E-state index >= 15 is 0 Å². The van der Waals surface area contributed by atoms with Gasteiger partial charge >= 0.3 is 0 Å². The minimum absolute atomic E-state index is 0.123. The van der Waals surface area contributed by atoms with Crippen LogP contribution in [0.5, 0.6) is 0 Å². The van der Waals surface area contributed by atoms with Crippen LogP contribution in [0.25, 0.3) is 0 Å². The highest BCUT2D eigenvalue weighted by Gasteiger charge is 2.38. The summed E-state index contributed by atoms with van der Waals surface area (Å²) in [6.07, 6.45) is 1.18. The van der Waals surface area contributed by atoms with Crippen LogP contribution in [0.4, 0.5) is 4.39 Å². The fourth-order valence-corrected chi connectivity index (χ4v) is 2.67. The predicted octanol–water partition coefficient (Wildman–Crippen LogP) is 2.48. The zero-order valence-electron chi connectivity index (χ0n) is 10.1. The molecule has 0 aromatic heterocycles. The molecule has 1 aromatic carbocycles. The van der Waals surface area contributed by atoms with Crippen LogP contribution in [0, 0.1) is 5.82 Å². The first kappa shape index (κ1) is 12.8. The fourth-order valence-electron chi connectivity index (χ4n) is 2.55. The lowest BCUT2D eigenvalue weighted by Crippen LogP contribution is -2.34. The molecular formula is C13H17ClFNO. The molecule has 2 atom stereocenters. The summed E-state index contributed by atoms with van der Waals surface area (Å²) in [7, 11) is 1.99. The average molecular weight is 258 g/mol. The lowest BCUT2D eigenvalue weighted by molar-refractivity contribution is 0.0520. The third kappa shape index (κ3) is 2.79. The van der Waals surface area contributed by atoms with Crippen LogP contribution in [0.15, 0.2) is 18.2 Å². The molecule has 4 heteroatoms. The SMILES string of the molecule is CC1CC(O)(Cc2ccc(Cl)c(F)c2)CN1C. The Morgan fingerprint density at radius 3 is 2.82 bits per heavy atom. The van der Waals surface area contributed by atoms with E-state index in [1.54, 1.807) is 6.07 Å². The number of nitrogens with zero attached hydrogens (tertiary/aromatic N) is 1. The number of likely N-dealkylation sites (tertiary alicyclic amines) is 1. The Kier molecular flexibility index (Phi) is 3.43. The summed E-state index contributed by atoms with van der Waals surface area (Å²) in [5.74, 6) is -0.424. The molecule has 1 N–H and O–H groups in total.